The molecule has 0 spiro atoms. The molecule has 0 radical (unpaired) electrons. The Morgan fingerprint density at radius 3 is 2.45 bits per heavy atom. The van der Waals surface area contributed by atoms with Crippen LogP contribution in [0, 0.1) is 0 Å². The number of hydrogen-bond donors (Lipinski definition) is 1. The summed E-state index contributed by atoms with van der Waals surface area (Å²) in [6.45, 7) is 5.91. The van der Waals surface area contributed by atoms with E-state index in [-0.39, 0.29) is 5.54 Å². The van der Waals surface area contributed by atoms with Crippen LogP contribution in [0.2, 0.25) is 0 Å². The van der Waals surface area contributed by atoms with Crippen LogP contribution in [-0.4, -0.2) is 32.5 Å². The fourth-order valence-corrected chi connectivity index (χ4v) is 0.550. The Hall–Kier alpha value is -0.120. The van der Waals surface area contributed by atoms with Crippen molar-refractivity contribution in [1.29, 1.82) is 0 Å². The van der Waals surface area contributed by atoms with Gasteiger partial charge in [0, 0.05) is 12.6 Å². The van der Waals surface area contributed by atoms with Gasteiger partial charge in [0.2, 0.25) is 0 Å². The molecular formula is C8H19NO2. The van der Waals surface area contributed by atoms with Gasteiger partial charge in [-0.25, -0.2) is 0 Å². The standard InChI is InChI=1S/C8H19NO2/c1-4-8(2,9)7-11-6-5-10-3/h4-7,9H2,1-3H3. The normalized spacial score (nSPS) is 16.4. The predicted molar refractivity (Wildman–Crippen MR) is 45.6 cm³/mol. The summed E-state index contributed by atoms with van der Waals surface area (Å²) in [4.78, 5) is 0. The van der Waals surface area contributed by atoms with E-state index in [0.717, 1.165) is 6.42 Å². The van der Waals surface area contributed by atoms with Crippen LogP contribution in [0.15, 0.2) is 0 Å². The molecule has 0 aromatic carbocycles. The first-order valence-electron chi connectivity index (χ1n) is 3.98. The van der Waals surface area contributed by atoms with Crippen molar-refractivity contribution in [3.05, 3.63) is 0 Å². The minimum Gasteiger partial charge on any atom is -0.382 e. The van der Waals surface area contributed by atoms with Crippen LogP contribution < -0.4 is 5.73 Å². The first kappa shape index (κ1) is 10.9. The van der Waals surface area contributed by atoms with Gasteiger partial charge in [-0.15, -0.1) is 0 Å². The Labute approximate surface area is 68.9 Å². The summed E-state index contributed by atoms with van der Waals surface area (Å²) in [6.07, 6.45) is 0.931. The topological polar surface area (TPSA) is 44.5 Å². The van der Waals surface area contributed by atoms with Gasteiger partial charge in [0.1, 0.15) is 0 Å². The van der Waals surface area contributed by atoms with Crippen molar-refractivity contribution in [2.24, 2.45) is 5.73 Å². The molecule has 0 bridgehead atoms. The Morgan fingerprint density at radius 1 is 1.36 bits per heavy atom. The number of ether oxygens (including phenoxy) is 2. The van der Waals surface area contributed by atoms with Gasteiger partial charge in [-0.05, 0) is 13.3 Å². The number of nitrogens with two attached hydrogens (primary N) is 1. The Morgan fingerprint density at radius 2 is 2.00 bits per heavy atom. The zero-order valence-corrected chi connectivity index (χ0v) is 7.72. The fourth-order valence-electron chi connectivity index (χ4n) is 0.550. The van der Waals surface area contributed by atoms with Gasteiger partial charge < -0.3 is 15.2 Å². The van der Waals surface area contributed by atoms with E-state index in [4.69, 9.17) is 15.2 Å². The van der Waals surface area contributed by atoms with Crippen LogP contribution >= 0.6 is 0 Å². The average Bonchev–Trinajstić information content (AvgIpc) is 1.99. The van der Waals surface area contributed by atoms with Crippen LogP contribution in [0.25, 0.3) is 0 Å². The molecule has 0 amide bonds. The summed E-state index contributed by atoms with van der Waals surface area (Å²) in [7, 11) is 1.66. The lowest BCUT2D eigenvalue weighted by molar-refractivity contribution is 0.0458. The molecule has 1 unspecified atom stereocenters. The summed E-state index contributed by atoms with van der Waals surface area (Å²) in [5.74, 6) is 0. The van der Waals surface area contributed by atoms with Gasteiger partial charge >= 0.3 is 0 Å². The first-order valence-corrected chi connectivity index (χ1v) is 3.98. The molecule has 1 atom stereocenters. The van der Waals surface area contributed by atoms with E-state index >= 15 is 0 Å². The van der Waals surface area contributed by atoms with Gasteiger partial charge in [0.25, 0.3) is 0 Å². The maximum atomic E-state index is 5.83. The molecule has 0 aliphatic carbocycles. The van der Waals surface area contributed by atoms with Crippen LogP contribution in [0.5, 0.6) is 0 Å². The van der Waals surface area contributed by atoms with Gasteiger partial charge in [-0.2, -0.15) is 0 Å². The van der Waals surface area contributed by atoms with Crippen molar-refractivity contribution in [2.45, 2.75) is 25.8 Å². The molecule has 0 aromatic rings. The lowest BCUT2D eigenvalue weighted by atomic mass is 10.0. The molecular weight excluding hydrogens is 142 g/mol. The van der Waals surface area contributed by atoms with E-state index in [9.17, 15) is 0 Å². The van der Waals surface area contributed by atoms with E-state index in [1.807, 2.05) is 6.92 Å². The average molecular weight is 161 g/mol. The van der Waals surface area contributed by atoms with E-state index in [1.54, 1.807) is 7.11 Å². The highest BCUT2D eigenvalue weighted by Crippen LogP contribution is 2.04. The molecule has 0 rings (SSSR count). The highest BCUT2D eigenvalue weighted by Gasteiger charge is 2.14. The van der Waals surface area contributed by atoms with Crippen molar-refractivity contribution >= 4 is 0 Å². The van der Waals surface area contributed by atoms with Crippen molar-refractivity contribution < 1.29 is 9.47 Å². The summed E-state index contributed by atoms with van der Waals surface area (Å²) in [5.41, 5.74) is 5.65. The summed E-state index contributed by atoms with van der Waals surface area (Å²) in [6, 6.07) is 0. The van der Waals surface area contributed by atoms with Gasteiger partial charge in [0.15, 0.2) is 0 Å². The van der Waals surface area contributed by atoms with Gasteiger partial charge in [0.05, 0.1) is 19.8 Å². The third-order valence-corrected chi connectivity index (χ3v) is 1.67. The lowest BCUT2D eigenvalue weighted by Crippen LogP contribution is -2.40. The van der Waals surface area contributed by atoms with E-state index in [2.05, 4.69) is 6.92 Å². The zero-order valence-electron chi connectivity index (χ0n) is 7.72. The first-order chi connectivity index (χ1) is 5.12. The third-order valence-electron chi connectivity index (χ3n) is 1.67. The highest BCUT2D eigenvalue weighted by atomic mass is 16.5. The monoisotopic (exact) mass is 161 g/mol. The zero-order chi connectivity index (χ0) is 8.74. The highest BCUT2D eigenvalue weighted by molar-refractivity contribution is 4.75. The molecule has 68 valence electrons. The van der Waals surface area contributed by atoms with Crippen molar-refractivity contribution in [1.82, 2.24) is 0 Å². The molecule has 0 saturated heterocycles. The van der Waals surface area contributed by atoms with Crippen LogP contribution in [0.4, 0.5) is 0 Å². The van der Waals surface area contributed by atoms with Crippen LogP contribution in [0.3, 0.4) is 0 Å². The van der Waals surface area contributed by atoms with E-state index < -0.39 is 0 Å². The van der Waals surface area contributed by atoms with Crippen molar-refractivity contribution in [3.8, 4) is 0 Å². The van der Waals surface area contributed by atoms with Crippen LogP contribution in [0.1, 0.15) is 20.3 Å². The summed E-state index contributed by atoms with van der Waals surface area (Å²) in [5, 5.41) is 0. The SMILES string of the molecule is CCC(C)(N)COCCOC. The molecule has 3 nitrogen and oxygen atoms in total. The molecule has 2 N–H and O–H groups in total. The van der Waals surface area contributed by atoms with Gasteiger partial charge in [-0.1, -0.05) is 6.92 Å². The minimum absolute atomic E-state index is 0.187. The number of rotatable bonds is 6. The second-order valence-electron chi connectivity index (χ2n) is 3.05. The van der Waals surface area contributed by atoms with Crippen molar-refractivity contribution in [3.63, 3.8) is 0 Å². The molecule has 0 fully saturated rings. The second kappa shape index (κ2) is 5.52. The Bertz CT molecular complexity index is 94.1. The maximum Gasteiger partial charge on any atom is 0.0701 e. The van der Waals surface area contributed by atoms with Crippen LogP contribution in [-0.2, 0) is 9.47 Å². The quantitative estimate of drug-likeness (QED) is 0.585. The largest absolute Gasteiger partial charge is 0.382 e. The molecule has 3 heteroatoms. The number of hydrogen-bond acceptors (Lipinski definition) is 3. The molecule has 0 saturated carbocycles. The molecule has 0 aliphatic rings. The maximum absolute atomic E-state index is 5.83. The van der Waals surface area contributed by atoms with Crippen molar-refractivity contribution in [2.75, 3.05) is 26.9 Å². The Kier molecular flexibility index (Phi) is 5.46. The Balaban J connectivity index is 3.23. The second-order valence-corrected chi connectivity index (χ2v) is 3.05. The molecule has 0 aliphatic heterocycles. The molecule has 0 aromatic heterocycles. The van der Waals surface area contributed by atoms with E-state index in [0.29, 0.717) is 19.8 Å². The summed E-state index contributed by atoms with van der Waals surface area (Å²) < 4.78 is 10.1. The predicted octanol–water partition coefficient (Wildman–Crippen LogP) is 0.777. The fraction of sp³-hybridized carbons (Fsp3) is 1.00. The molecule has 0 heterocycles. The smallest absolute Gasteiger partial charge is 0.0701 e. The molecule has 11 heavy (non-hydrogen) atoms. The van der Waals surface area contributed by atoms with Gasteiger partial charge in [-0.3, -0.25) is 0 Å². The minimum atomic E-state index is -0.187. The number of methoxy groups -OCH3 is 1. The third kappa shape index (κ3) is 6.28. The lowest BCUT2D eigenvalue weighted by Gasteiger charge is -2.21. The van der Waals surface area contributed by atoms with E-state index in [1.165, 1.54) is 0 Å². The summed E-state index contributed by atoms with van der Waals surface area (Å²) >= 11 is 0.